The smallest absolute Gasteiger partial charge is 0.302 e. The molecule has 0 aliphatic heterocycles. The topological polar surface area (TPSA) is 66.8 Å². The lowest BCUT2D eigenvalue weighted by Gasteiger charge is -2.33. The van der Waals surface area contributed by atoms with E-state index in [0.29, 0.717) is 12.0 Å². The molecule has 0 heterocycles. The molecule has 26 heavy (non-hydrogen) atoms. The van der Waals surface area contributed by atoms with Gasteiger partial charge in [-0.2, -0.15) is 0 Å². The number of aliphatic hydroxyl groups excluding tert-OH is 2. The van der Waals surface area contributed by atoms with Gasteiger partial charge in [0.1, 0.15) is 12.7 Å². The van der Waals surface area contributed by atoms with E-state index in [1.54, 1.807) is 0 Å². The number of hydrogen-bond acceptors (Lipinski definition) is 4. The number of hydrogen-bond donors (Lipinski definition) is 2. The third-order valence-corrected chi connectivity index (χ3v) is 5.21. The van der Waals surface area contributed by atoms with Crippen molar-refractivity contribution in [3.05, 3.63) is 34.9 Å². The van der Waals surface area contributed by atoms with Crippen LogP contribution in [0, 0.1) is 11.8 Å². The van der Waals surface area contributed by atoms with Gasteiger partial charge in [0.15, 0.2) is 0 Å². The summed E-state index contributed by atoms with van der Waals surface area (Å²) in [5, 5.41) is 21.6. The van der Waals surface area contributed by atoms with Crippen LogP contribution in [0.25, 0.3) is 0 Å². The molecule has 1 rings (SSSR count). The van der Waals surface area contributed by atoms with Crippen LogP contribution in [-0.2, 0) is 9.53 Å². The van der Waals surface area contributed by atoms with E-state index in [4.69, 9.17) is 4.74 Å². The van der Waals surface area contributed by atoms with Crippen molar-refractivity contribution in [1.82, 2.24) is 0 Å². The van der Waals surface area contributed by atoms with Gasteiger partial charge < -0.3 is 14.9 Å². The maximum absolute atomic E-state index is 11.1. The molecule has 2 N–H and O–H groups in total. The molecule has 1 aliphatic carbocycles. The molecule has 4 nitrogen and oxygen atoms in total. The number of rotatable bonds is 6. The predicted molar refractivity (Wildman–Crippen MR) is 106 cm³/mol. The fourth-order valence-electron chi connectivity index (χ4n) is 3.45. The maximum Gasteiger partial charge on any atom is 0.302 e. The molecule has 148 valence electrons. The number of ether oxygens (including phenoxy) is 1. The largest absolute Gasteiger partial charge is 0.461 e. The van der Waals surface area contributed by atoms with Crippen molar-refractivity contribution in [3.8, 4) is 0 Å². The Kier molecular flexibility index (Phi) is 9.89. The molecule has 0 spiro atoms. The highest BCUT2D eigenvalue weighted by Gasteiger charge is 2.32. The number of esters is 1. The molecular weight excluding hydrogens is 328 g/mol. The average Bonchev–Trinajstić information content (AvgIpc) is 2.56. The van der Waals surface area contributed by atoms with Crippen LogP contribution in [0.2, 0.25) is 0 Å². The summed E-state index contributed by atoms with van der Waals surface area (Å²) < 4.78 is 5.08. The van der Waals surface area contributed by atoms with Crippen LogP contribution in [0.4, 0.5) is 0 Å². The van der Waals surface area contributed by atoms with Crippen LogP contribution in [0.3, 0.4) is 0 Å². The molecular formula is C22H36O4. The zero-order chi connectivity index (χ0) is 19.7. The lowest BCUT2D eigenvalue weighted by molar-refractivity contribution is -0.140. The van der Waals surface area contributed by atoms with E-state index in [1.165, 1.54) is 18.1 Å². The SMILES string of the molecule is CC(=O)OC/C1=C/C/C=C(\C)CC[C@@H](C(C)CCC=C(C)C)[C@@H](O)[C@H]1O. The van der Waals surface area contributed by atoms with Gasteiger partial charge in [0.2, 0.25) is 0 Å². The lowest BCUT2D eigenvalue weighted by atomic mass is 9.78. The number of carbonyl (C=O) groups excluding carboxylic acids is 1. The first-order chi connectivity index (χ1) is 12.2. The van der Waals surface area contributed by atoms with Crippen molar-refractivity contribution in [2.45, 2.75) is 78.9 Å². The third-order valence-electron chi connectivity index (χ3n) is 5.21. The van der Waals surface area contributed by atoms with Crippen LogP contribution >= 0.6 is 0 Å². The van der Waals surface area contributed by atoms with Crippen LogP contribution in [0.1, 0.15) is 66.7 Å². The zero-order valence-corrected chi connectivity index (χ0v) is 17.0. The van der Waals surface area contributed by atoms with Gasteiger partial charge in [-0.25, -0.2) is 0 Å². The highest BCUT2D eigenvalue weighted by atomic mass is 16.5. The predicted octanol–water partition coefficient (Wildman–Crippen LogP) is 4.33. The summed E-state index contributed by atoms with van der Waals surface area (Å²) in [4.78, 5) is 11.1. The lowest BCUT2D eigenvalue weighted by Crippen LogP contribution is -2.39. The second-order valence-corrected chi connectivity index (χ2v) is 7.82. The fraction of sp³-hybridized carbons (Fsp3) is 0.682. The van der Waals surface area contributed by atoms with Crippen molar-refractivity contribution in [1.29, 1.82) is 0 Å². The van der Waals surface area contributed by atoms with E-state index in [0.717, 1.165) is 25.7 Å². The monoisotopic (exact) mass is 364 g/mol. The van der Waals surface area contributed by atoms with Gasteiger partial charge in [-0.3, -0.25) is 4.79 Å². The molecule has 0 saturated carbocycles. The minimum Gasteiger partial charge on any atom is -0.461 e. The normalized spacial score (nSPS) is 29.6. The molecule has 0 aromatic rings. The summed E-state index contributed by atoms with van der Waals surface area (Å²) in [5.41, 5.74) is 3.17. The Balaban J connectivity index is 2.95. The van der Waals surface area contributed by atoms with Gasteiger partial charge in [0, 0.05) is 6.92 Å². The summed E-state index contributed by atoms with van der Waals surface area (Å²) in [7, 11) is 0. The summed E-state index contributed by atoms with van der Waals surface area (Å²) in [6.45, 7) is 9.82. The summed E-state index contributed by atoms with van der Waals surface area (Å²) in [5.74, 6) is -0.0989. The van der Waals surface area contributed by atoms with Gasteiger partial charge in [-0.15, -0.1) is 0 Å². The van der Waals surface area contributed by atoms with Gasteiger partial charge >= 0.3 is 5.97 Å². The van der Waals surface area contributed by atoms with Crippen LogP contribution in [-0.4, -0.2) is 35.0 Å². The standard InChI is InChI=1S/C22H36O4/c1-15(2)8-6-10-17(4)20-13-12-16(3)9-7-11-19(14-26-18(5)23)21(24)22(20)25/h8-9,11,17,20-22,24-25H,6-7,10,12-14H2,1-5H3/b16-9+,19-11-/t17?,20-,21-,22+/m0/s1. The zero-order valence-electron chi connectivity index (χ0n) is 17.0. The van der Waals surface area contributed by atoms with Crippen molar-refractivity contribution in [3.63, 3.8) is 0 Å². The molecule has 0 amide bonds. The summed E-state index contributed by atoms with van der Waals surface area (Å²) in [6.07, 6.45) is 8.77. The Bertz CT molecular complexity index is 540. The minimum absolute atomic E-state index is 0.00209. The molecule has 0 aromatic heterocycles. The number of allylic oxidation sites excluding steroid dienone is 5. The van der Waals surface area contributed by atoms with E-state index in [1.807, 2.05) is 6.08 Å². The Morgan fingerprint density at radius 3 is 2.62 bits per heavy atom. The molecule has 0 radical (unpaired) electrons. The summed E-state index contributed by atoms with van der Waals surface area (Å²) >= 11 is 0. The summed E-state index contributed by atoms with van der Waals surface area (Å²) in [6, 6.07) is 0. The molecule has 0 saturated heterocycles. The van der Waals surface area contributed by atoms with Crippen molar-refractivity contribution in [2.75, 3.05) is 6.61 Å². The molecule has 1 aliphatic rings. The quantitative estimate of drug-likeness (QED) is 0.544. The minimum atomic E-state index is -1.00. The second-order valence-electron chi connectivity index (χ2n) is 7.82. The van der Waals surface area contributed by atoms with E-state index in [2.05, 4.69) is 39.8 Å². The molecule has 0 bridgehead atoms. The Morgan fingerprint density at radius 1 is 1.31 bits per heavy atom. The van der Waals surface area contributed by atoms with Crippen molar-refractivity contribution < 1.29 is 19.7 Å². The van der Waals surface area contributed by atoms with Crippen molar-refractivity contribution >= 4 is 5.97 Å². The Morgan fingerprint density at radius 2 is 2.00 bits per heavy atom. The highest BCUT2D eigenvalue weighted by molar-refractivity contribution is 5.66. The first kappa shape index (κ1) is 22.7. The van der Waals surface area contributed by atoms with E-state index >= 15 is 0 Å². The van der Waals surface area contributed by atoms with Crippen LogP contribution in [0.15, 0.2) is 34.9 Å². The Labute approximate surface area is 158 Å². The first-order valence-corrected chi connectivity index (χ1v) is 9.69. The van der Waals surface area contributed by atoms with Gasteiger partial charge in [-0.05, 0) is 70.3 Å². The van der Waals surface area contributed by atoms with E-state index in [9.17, 15) is 15.0 Å². The van der Waals surface area contributed by atoms with Crippen LogP contribution in [0.5, 0.6) is 0 Å². The average molecular weight is 365 g/mol. The van der Waals surface area contributed by atoms with E-state index in [-0.39, 0.29) is 24.4 Å². The third kappa shape index (κ3) is 7.88. The first-order valence-electron chi connectivity index (χ1n) is 9.69. The molecule has 0 aromatic carbocycles. The van der Waals surface area contributed by atoms with E-state index < -0.39 is 12.2 Å². The molecule has 4 atom stereocenters. The molecule has 0 fully saturated rings. The van der Waals surface area contributed by atoms with Gasteiger partial charge in [0.05, 0.1) is 6.10 Å². The van der Waals surface area contributed by atoms with Gasteiger partial charge in [-0.1, -0.05) is 36.3 Å². The second kappa shape index (κ2) is 11.3. The molecule has 4 heteroatoms. The Hall–Kier alpha value is -1.39. The van der Waals surface area contributed by atoms with Crippen LogP contribution < -0.4 is 0 Å². The number of aliphatic hydroxyl groups is 2. The van der Waals surface area contributed by atoms with Gasteiger partial charge in [0.25, 0.3) is 0 Å². The molecule has 1 unspecified atom stereocenters. The fourth-order valence-corrected chi connectivity index (χ4v) is 3.45. The highest BCUT2D eigenvalue weighted by Crippen LogP contribution is 2.31. The maximum atomic E-state index is 11.1. The number of carbonyl (C=O) groups is 1. The van der Waals surface area contributed by atoms with Crippen molar-refractivity contribution in [2.24, 2.45) is 11.8 Å².